The summed E-state index contributed by atoms with van der Waals surface area (Å²) < 4.78 is 5.46. The highest BCUT2D eigenvalue weighted by Gasteiger charge is 2.33. The predicted octanol–water partition coefficient (Wildman–Crippen LogP) is -0.536. The second-order valence-electron chi connectivity index (χ2n) is 4.30. The minimum absolute atomic E-state index is 0.0979. The van der Waals surface area contributed by atoms with Gasteiger partial charge in [-0.3, -0.25) is 9.59 Å². The molecule has 6 nitrogen and oxygen atoms in total. The minimum atomic E-state index is -1.04. The molecule has 1 fully saturated rings. The molecule has 0 radical (unpaired) electrons. The molecule has 0 aromatic carbocycles. The first-order valence-electron chi connectivity index (χ1n) is 5.42. The Hall–Kier alpha value is -1.40. The van der Waals surface area contributed by atoms with Crippen LogP contribution in [0.4, 0.5) is 0 Å². The summed E-state index contributed by atoms with van der Waals surface area (Å²) in [4.78, 5) is 23.5. The van der Waals surface area contributed by atoms with Gasteiger partial charge in [0.05, 0.1) is 5.60 Å². The van der Waals surface area contributed by atoms with Crippen LogP contribution in [-0.2, 0) is 14.3 Å². The highest BCUT2D eigenvalue weighted by atomic mass is 16.5. The number of aliphatic carboxylic acids is 1. The molecule has 1 aliphatic heterocycles. The maximum atomic E-state index is 11.7. The molecule has 0 aromatic rings. The van der Waals surface area contributed by atoms with Gasteiger partial charge in [0.25, 0.3) is 0 Å². The molecule has 0 saturated carbocycles. The highest BCUT2D eigenvalue weighted by Crippen LogP contribution is 2.15. The third kappa shape index (κ3) is 4.16. The average molecular weight is 242 g/mol. The number of carbonyl (C=O) groups is 2. The first-order valence-corrected chi connectivity index (χ1v) is 5.42. The van der Waals surface area contributed by atoms with Crippen molar-refractivity contribution < 1.29 is 19.4 Å². The van der Waals surface area contributed by atoms with Crippen molar-refractivity contribution in [1.29, 1.82) is 0 Å². The number of carbonyl (C=O) groups excluding carboxylic acids is 1. The average Bonchev–Trinajstić information content (AvgIpc) is 2.22. The zero-order chi connectivity index (χ0) is 12.9. The van der Waals surface area contributed by atoms with Crippen LogP contribution >= 0.6 is 0 Å². The van der Waals surface area contributed by atoms with Crippen LogP contribution in [0.3, 0.4) is 0 Å². The molecular weight excluding hydrogens is 224 g/mol. The van der Waals surface area contributed by atoms with Crippen molar-refractivity contribution >= 4 is 11.9 Å². The van der Waals surface area contributed by atoms with Gasteiger partial charge in [-0.05, 0) is 6.92 Å². The molecule has 0 bridgehead atoms. The lowest BCUT2D eigenvalue weighted by Gasteiger charge is -2.39. The van der Waals surface area contributed by atoms with Gasteiger partial charge in [0.15, 0.2) is 0 Å². The Morgan fingerprint density at radius 2 is 2.24 bits per heavy atom. The van der Waals surface area contributed by atoms with Gasteiger partial charge >= 0.3 is 5.97 Å². The molecule has 1 saturated heterocycles. The van der Waals surface area contributed by atoms with Crippen molar-refractivity contribution in [2.45, 2.75) is 12.5 Å². The summed E-state index contributed by atoms with van der Waals surface area (Å²) in [5.41, 5.74) is -0.307. The Kier molecular flexibility index (Phi) is 4.65. The Balaban J connectivity index is 2.41. The second-order valence-corrected chi connectivity index (χ2v) is 4.30. The molecule has 96 valence electrons. The summed E-state index contributed by atoms with van der Waals surface area (Å²) in [7, 11) is 0. The van der Waals surface area contributed by atoms with Gasteiger partial charge in [0.2, 0.25) is 5.91 Å². The van der Waals surface area contributed by atoms with Crippen LogP contribution in [0.1, 0.15) is 6.92 Å². The molecule has 0 unspecified atom stereocenters. The lowest BCUT2D eigenvalue weighted by Crippen LogP contribution is -2.59. The number of amides is 1. The molecule has 0 aromatic heterocycles. The quantitative estimate of drug-likeness (QED) is 0.586. The standard InChI is InChI=1S/C11H18N2O4/c1-3-4-13(5-10(15)16)9(14)6-17-11(2)7-12-8-11/h3,12H,1,4-8H2,2H3,(H,15,16). The number of hydrogen-bond acceptors (Lipinski definition) is 4. The Labute approximate surface area is 100 Å². The summed E-state index contributed by atoms with van der Waals surface area (Å²) in [6, 6.07) is 0. The molecule has 6 heteroatoms. The number of nitrogens with one attached hydrogen (secondary N) is 1. The SMILES string of the molecule is C=CCN(CC(=O)O)C(=O)COC1(C)CNC1. The van der Waals surface area contributed by atoms with Crippen LogP contribution in [-0.4, -0.2) is 60.3 Å². The van der Waals surface area contributed by atoms with Crippen LogP contribution in [0, 0.1) is 0 Å². The Morgan fingerprint density at radius 3 is 2.65 bits per heavy atom. The van der Waals surface area contributed by atoms with E-state index < -0.39 is 5.97 Å². The molecule has 1 amide bonds. The molecule has 1 heterocycles. The maximum absolute atomic E-state index is 11.7. The van der Waals surface area contributed by atoms with E-state index in [9.17, 15) is 9.59 Å². The fraction of sp³-hybridized carbons (Fsp3) is 0.636. The zero-order valence-corrected chi connectivity index (χ0v) is 9.94. The van der Waals surface area contributed by atoms with E-state index in [2.05, 4.69) is 11.9 Å². The molecule has 1 rings (SSSR count). The maximum Gasteiger partial charge on any atom is 0.323 e. The first-order chi connectivity index (χ1) is 7.97. The number of rotatable bonds is 7. The minimum Gasteiger partial charge on any atom is -0.480 e. The third-order valence-corrected chi connectivity index (χ3v) is 2.57. The van der Waals surface area contributed by atoms with Gasteiger partial charge in [0, 0.05) is 19.6 Å². The van der Waals surface area contributed by atoms with Crippen LogP contribution in [0.2, 0.25) is 0 Å². The zero-order valence-electron chi connectivity index (χ0n) is 9.94. The van der Waals surface area contributed by atoms with Gasteiger partial charge in [-0.2, -0.15) is 0 Å². The monoisotopic (exact) mass is 242 g/mol. The topological polar surface area (TPSA) is 78.9 Å². The van der Waals surface area contributed by atoms with E-state index in [4.69, 9.17) is 9.84 Å². The van der Waals surface area contributed by atoms with Crippen molar-refractivity contribution in [3.8, 4) is 0 Å². The van der Waals surface area contributed by atoms with Crippen LogP contribution in [0.25, 0.3) is 0 Å². The number of carboxylic acid groups (broad SMARTS) is 1. The second kappa shape index (κ2) is 5.79. The fourth-order valence-corrected chi connectivity index (χ4v) is 1.48. The van der Waals surface area contributed by atoms with E-state index in [0.29, 0.717) is 13.1 Å². The lowest BCUT2D eigenvalue weighted by molar-refractivity contribution is -0.151. The molecule has 0 spiro atoms. The smallest absolute Gasteiger partial charge is 0.323 e. The predicted molar refractivity (Wildman–Crippen MR) is 61.6 cm³/mol. The van der Waals surface area contributed by atoms with Gasteiger partial charge < -0.3 is 20.1 Å². The summed E-state index contributed by atoms with van der Waals surface area (Å²) in [6.07, 6.45) is 1.49. The molecule has 0 aliphatic carbocycles. The number of hydrogen-bond donors (Lipinski definition) is 2. The van der Waals surface area contributed by atoms with Crippen molar-refractivity contribution in [2.75, 3.05) is 32.8 Å². The molecule has 2 N–H and O–H groups in total. The van der Waals surface area contributed by atoms with Gasteiger partial charge in [0.1, 0.15) is 13.2 Å². The van der Waals surface area contributed by atoms with E-state index in [1.165, 1.54) is 11.0 Å². The third-order valence-electron chi connectivity index (χ3n) is 2.57. The molecule has 1 aliphatic rings. The van der Waals surface area contributed by atoms with Crippen LogP contribution in [0.15, 0.2) is 12.7 Å². The fourth-order valence-electron chi connectivity index (χ4n) is 1.48. The molecule has 17 heavy (non-hydrogen) atoms. The Bertz CT molecular complexity index is 313. The summed E-state index contributed by atoms with van der Waals surface area (Å²) >= 11 is 0. The first kappa shape index (κ1) is 13.7. The van der Waals surface area contributed by atoms with Crippen molar-refractivity contribution in [2.24, 2.45) is 0 Å². The Morgan fingerprint density at radius 1 is 1.59 bits per heavy atom. The lowest BCUT2D eigenvalue weighted by atomic mass is 10.0. The largest absolute Gasteiger partial charge is 0.480 e. The van der Waals surface area contributed by atoms with Gasteiger partial charge in [-0.1, -0.05) is 6.08 Å². The summed E-state index contributed by atoms with van der Waals surface area (Å²) in [5, 5.41) is 11.7. The molecular formula is C11H18N2O4. The number of ether oxygens (including phenoxy) is 1. The van der Waals surface area contributed by atoms with Crippen LogP contribution < -0.4 is 5.32 Å². The summed E-state index contributed by atoms with van der Waals surface area (Å²) in [5.74, 6) is -1.38. The van der Waals surface area contributed by atoms with E-state index in [1.54, 1.807) is 0 Å². The van der Waals surface area contributed by atoms with E-state index in [-0.39, 0.29) is 31.2 Å². The van der Waals surface area contributed by atoms with E-state index in [1.807, 2.05) is 6.92 Å². The van der Waals surface area contributed by atoms with Gasteiger partial charge in [-0.25, -0.2) is 0 Å². The van der Waals surface area contributed by atoms with E-state index in [0.717, 1.165) is 0 Å². The van der Waals surface area contributed by atoms with Crippen molar-refractivity contribution in [1.82, 2.24) is 10.2 Å². The van der Waals surface area contributed by atoms with Gasteiger partial charge in [-0.15, -0.1) is 6.58 Å². The van der Waals surface area contributed by atoms with Crippen molar-refractivity contribution in [3.63, 3.8) is 0 Å². The molecule has 0 atom stereocenters. The highest BCUT2D eigenvalue weighted by molar-refractivity contribution is 5.82. The van der Waals surface area contributed by atoms with Crippen molar-refractivity contribution in [3.05, 3.63) is 12.7 Å². The summed E-state index contributed by atoms with van der Waals surface area (Å²) in [6.45, 7) is 6.60. The van der Waals surface area contributed by atoms with E-state index >= 15 is 0 Å². The van der Waals surface area contributed by atoms with Crippen LogP contribution in [0.5, 0.6) is 0 Å². The number of carboxylic acids is 1. The normalized spacial score (nSPS) is 17.0. The number of nitrogens with zero attached hydrogens (tertiary/aromatic N) is 1.